The predicted octanol–water partition coefficient (Wildman–Crippen LogP) is 2.54. The summed E-state index contributed by atoms with van der Waals surface area (Å²) in [5.74, 6) is 2.14. The molecule has 1 N–H and O–H groups in total. The zero-order valence-electron chi connectivity index (χ0n) is 17.4. The second-order valence-corrected chi connectivity index (χ2v) is 7.87. The molecule has 0 spiro atoms. The molecule has 29 heavy (non-hydrogen) atoms. The van der Waals surface area contributed by atoms with E-state index in [2.05, 4.69) is 33.4 Å². The van der Waals surface area contributed by atoms with Crippen molar-refractivity contribution >= 4 is 11.7 Å². The minimum Gasteiger partial charge on any atom is -0.496 e. The van der Waals surface area contributed by atoms with Gasteiger partial charge in [0.15, 0.2) is 0 Å². The fourth-order valence-electron chi connectivity index (χ4n) is 4.40. The number of hydrogen-bond donors (Lipinski definition) is 1. The van der Waals surface area contributed by atoms with E-state index in [1.165, 1.54) is 35.1 Å². The van der Waals surface area contributed by atoms with Gasteiger partial charge in [0, 0.05) is 63.5 Å². The Balaban J connectivity index is 1.41. The third kappa shape index (κ3) is 4.37. The van der Waals surface area contributed by atoms with E-state index < -0.39 is 0 Å². The van der Waals surface area contributed by atoms with Crippen molar-refractivity contribution in [2.75, 3.05) is 38.2 Å². The number of methoxy groups -OCH3 is 1. The Morgan fingerprint density at radius 1 is 1.10 bits per heavy atom. The molecular weight excluding hydrogens is 364 g/mol. The van der Waals surface area contributed by atoms with Gasteiger partial charge in [0.2, 0.25) is 5.91 Å². The zero-order valence-corrected chi connectivity index (χ0v) is 17.4. The standard InChI is InChI=1S/C23H30N4O2/c1-17(28)26-9-11-27(12-10-26)23-20(7-4-8-25-23)15-24-16-21-13-18-5-3-6-19(18)14-22(21)29-2/h4,7-8,13-14,24H,3,5-6,9-12,15-16H2,1-2H3. The van der Waals surface area contributed by atoms with E-state index in [0.717, 1.165) is 57.3 Å². The molecule has 1 saturated heterocycles. The Morgan fingerprint density at radius 3 is 2.55 bits per heavy atom. The van der Waals surface area contributed by atoms with Crippen LogP contribution in [-0.2, 0) is 30.7 Å². The third-order valence-electron chi connectivity index (χ3n) is 6.02. The molecule has 6 heteroatoms. The minimum absolute atomic E-state index is 0.149. The van der Waals surface area contributed by atoms with Crippen LogP contribution in [0.15, 0.2) is 30.5 Å². The quantitative estimate of drug-likeness (QED) is 0.816. The van der Waals surface area contributed by atoms with Gasteiger partial charge in [-0.2, -0.15) is 0 Å². The number of benzene rings is 1. The summed E-state index contributed by atoms with van der Waals surface area (Å²) in [7, 11) is 1.75. The van der Waals surface area contributed by atoms with Crippen molar-refractivity contribution in [2.45, 2.75) is 39.3 Å². The SMILES string of the molecule is COc1cc2c(cc1CNCc1cccnc1N1CCN(C(C)=O)CC1)CCC2. The molecular formula is C23H30N4O2. The number of aryl methyl sites for hydroxylation is 2. The van der Waals surface area contributed by atoms with E-state index in [-0.39, 0.29) is 5.91 Å². The molecule has 154 valence electrons. The van der Waals surface area contributed by atoms with Gasteiger partial charge in [-0.25, -0.2) is 4.98 Å². The summed E-state index contributed by atoms with van der Waals surface area (Å²) < 4.78 is 5.63. The lowest BCUT2D eigenvalue weighted by atomic mass is 10.0. The van der Waals surface area contributed by atoms with E-state index in [9.17, 15) is 4.79 Å². The van der Waals surface area contributed by atoms with E-state index >= 15 is 0 Å². The number of rotatable bonds is 6. The predicted molar refractivity (Wildman–Crippen MR) is 114 cm³/mol. The number of fused-ring (bicyclic) bond motifs is 1. The number of pyridine rings is 1. The van der Waals surface area contributed by atoms with Crippen LogP contribution < -0.4 is 15.0 Å². The fourth-order valence-corrected chi connectivity index (χ4v) is 4.40. The van der Waals surface area contributed by atoms with Gasteiger partial charge in [0.1, 0.15) is 11.6 Å². The van der Waals surface area contributed by atoms with E-state index in [4.69, 9.17) is 4.74 Å². The van der Waals surface area contributed by atoms with Crippen LogP contribution in [0.25, 0.3) is 0 Å². The van der Waals surface area contributed by atoms with Crippen LogP contribution in [0.5, 0.6) is 5.75 Å². The molecule has 1 aromatic carbocycles. The minimum atomic E-state index is 0.149. The first-order chi connectivity index (χ1) is 14.2. The summed E-state index contributed by atoms with van der Waals surface area (Å²) in [5, 5.41) is 3.58. The number of carbonyl (C=O) groups excluding carboxylic acids is 1. The summed E-state index contributed by atoms with van der Waals surface area (Å²) in [6.45, 7) is 6.30. The molecule has 2 aliphatic rings. The monoisotopic (exact) mass is 394 g/mol. The molecule has 1 aliphatic heterocycles. The lowest BCUT2D eigenvalue weighted by Gasteiger charge is -2.35. The molecule has 2 heterocycles. The lowest BCUT2D eigenvalue weighted by Crippen LogP contribution is -2.48. The molecule has 4 rings (SSSR count). The van der Waals surface area contributed by atoms with E-state index in [1.54, 1.807) is 14.0 Å². The Labute approximate surface area is 172 Å². The Kier molecular flexibility index (Phi) is 6.00. The maximum absolute atomic E-state index is 11.6. The summed E-state index contributed by atoms with van der Waals surface area (Å²) in [4.78, 5) is 20.4. The molecule has 2 aromatic rings. The van der Waals surface area contributed by atoms with Gasteiger partial charge in [-0.1, -0.05) is 12.1 Å². The highest BCUT2D eigenvalue weighted by Gasteiger charge is 2.21. The third-order valence-corrected chi connectivity index (χ3v) is 6.02. The number of piperazine rings is 1. The smallest absolute Gasteiger partial charge is 0.219 e. The molecule has 0 atom stereocenters. The van der Waals surface area contributed by atoms with Gasteiger partial charge >= 0.3 is 0 Å². The average molecular weight is 395 g/mol. The van der Waals surface area contributed by atoms with Gasteiger partial charge in [-0.3, -0.25) is 4.79 Å². The number of anilines is 1. The van der Waals surface area contributed by atoms with Gasteiger partial charge in [0.25, 0.3) is 0 Å². The first-order valence-electron chi connectivity index (χ1n) is 10.5. The first kappa shape index (κ1) is 19.7. The topological polar surface area (TPSA) is 57.7 Å². The van der Waals surface area contributed by atoms with Gasteiger partial charge < -0.3 is 19.9 Å². The van der Waals surface area contributed by atoms with Crippen LogP contribution >= 0.6 is 0 Å². The number of hydrogen-bond acceptors (Lipinski definition) is 5. The van der Waals surface area contributed by atoms with Gasteiger partial charge in [-0.15, -0.1) is 0 Å². The largest absolute Gasteiger partial charge is 0.496 e. The molecule has 1 aromatic heterocycles. The van der Waals surface area contributed by atoms with Crippen LogP contribution in [0.1, 0.15) is 35.6 Å². The molecule has 0 bridgehead atoms. The van der Waals surface area contributed by atoms with Crippen LogP contribution in [0, 0.1) is 0 Å². The first-order valence-corrected chi connectivity index (χ1v) is 10.5. The second kappa shape index (κ2) is 8.82. The summed E-state index contributed by atoms with van der Waals surface area (Å²) in [6, 6.07) is 8.64. The Bertz CT molecular complexity index is 875. The van der Waals surface area contributed by atoms with E-state index in [0.29, 0.717) is 0 Å². The molecule has 1 amide bonds. The molecule has 0 radical (unpaired) electrons. The van der Waals surface area contributed by atoms with Crippen molar-refractivity contribution in [3.8, 4) is 5.75 Å². The normalized spacial score (nSPS) is 16.1. The summed E-state index contributed by atoms with van der Waals surface area (Å²) >= 11 is 0. The number of amides is 1. The van der Waals surface area contributed by atoms with Crippen molar-refractivity contribution < 1.29 is 9.53 Å². The van der Waals surface area contributed by atoms with Crippen molar-refractivity contribution in [2.24, 2.45) is 0 Å². The average Bonchev–Trinajstić information content (AvgIpc) is 3.21. The van der Waals surface area contributed by atoms with Crippen molar-refractivity contribution in [1.29, 1.82) is 0 Å². The van der Waals surface area contributed by atoms with Crippen LogP contribution in [0.4, 0.5) is 5.82 Å². The molecule has 1 fully saturated rings. The zero-order chi connectivity index (χ0) is 20.2. The molecule has 6 nitrogen and oxygen atoms in total. The van der Waals surface area contributed by atoms with Gasteiger partial charge in [0.05, 0.1) is 7.11 Å². The van der Waals surface area contributed by atoms with E-state index in [1.807, 2.05) is 17.2 Å². The number of ether oxygens (including phenoxy) is 1. The summed E-state index contributed by atoms with van der Waals surface area (Å²) in [5.41, 5.74) is 5.30. The van der Waals surface area contributed by atoms with Crippen molar-refractivity contribution in [3.63, 3.8) is 0 Å². The highest BCUT2D eigenvalue weighted by molar-refractivity contribution is 5.73. The number of aromatic nitrogens is 1. The maximum Gasteiger partial charge on any atom is 0.219 e. The highest BCUT2D eigenvalue weighted by atomic mass is 16.5. The van der Waals surface area contributed by atoms with Crippen LogP contribution in [-0.4, -0.2) is 49.1 Å². The maximum atomic E-state index is 11.6. The highest BCUT2D eigenvalue weighted by Crippen LogP contribution is 2.30. The molecule has 1 aliphatic carbocycles. The van der Waals surface area contributed by atoms with Crippen LogP contribution in [0.2, 0.25) is 0 Å². The molecule has 0 saturated carbocycles. The van der Waals surface area contributed by atoms with Crippen molar-refractivity contribution in [3.05, 3.63) is 52.7 Å². The lowest BCUT2D eigenvalue weighted by molar-refractivity contribution is -0.129. The van der Waals surface area contributed by atoms with Crippen LogP contribution in [0.3, 0.4) is 0 Å². The number of carbonyl (C=O) groups is 1. The second-order valence-electron chi connectivity index (χ2n) is 7.87. The van der Waals surface area contributed by atoms with Crippen molar-refractivity contribution in [1.82, 2.24) is 15.2 Å². The number of nitrogens with one attached hydrogen (secondary N) is 1. The Hall–Kier alpha value is -2.60. The molecule has 0 unspecified atom stereocenters. The summed E-state index contributed by atoms with van der Waals surface area (Å²) in [6.07, 6.45) is 5.42. The Morgan fingerprint density at radius 2 is 1.83 bits per heavy atom. The van der Waals surface area contributed by atoms with Gasteiger partial charge in [-0.05, 0) is 42.5 Å². The fraction of sp³-hybridized carbons (Fsp3) is 0.478. The number of nitrogens with zero attached hydrogens (tertiary/aromatic N) is 3.